The van der Waals surface area contributed by atoms with Crippen molar-refractivity contribution in [1.29, 1.82) is 0 Å². The summed E-state index contributed by atoms with van der Waals surface area (Å²) in [6.45, 7) is 0. The standard InChI is InChI=1S/C11H19ClO/c12-10-7-3-4-8-11(10)13-9-5-1-2-6-9/h9-11H,1-8H2. The molecule has 2 fully saturated rings. The van der Waals surface area contributed by atoms with E-state index >= 15 is 0 Å². The SMILES string of the molecule is ClC1CCCCC1OC1CCCC1. The molecular weight excluding hydrogens is 184 g/mol. The summed E-state index contributed by atoms with van der Waals surface area (Å²) in [6, 6.07) is 0. The van der Waals surface area contributed by atoms with Crippen LogP contribution in [-0.4, -0.2) is 17.6 Å². The molecule has 0 spiro atoms. The average Bonchev–Trinajstić information content (AvgIpc) is 2.61. The summed E-state index contributed by atoms with van der Waals surface area (Å²) in [6.07, 6.45) is 11.1. The molecule has 0 aliphatic heterocycles. The van der Waals surface area contributed by atoms with Gasteiger partial charge >= 0.3 is 0 Å². The zero-order chi connectivity index (χ0) is 9.10. The second-order valence-corrected chi connectivity index (χ2v) is 4.94. The van der Waals surface area contributed by atoms with Gasteiger partial charge in [-0.15, -0.1) is 11.6 Å². The number of ether oxygens (including phenoxy) is 1. The van der Waals surface area contributed by atoms with Gasteiger partial charge in [0.15, 0.2) is 0 Å². The van der Waals surface area contributed by atoms with Gasteiger partial charge in [0.1, 0.15) is 0 Å². The van der Waals surface area contributed by atoms with Gasteiger partial charge in [-0.1, -0.05) is 25.7 Å². The molecule has 13 heavy (non-hydrogen) atoms. The van der Waals surface area contributed by atoms with E-state index in [9.17, 15) is 0 Å². The lowest BCUT2D eigenvalue weighted by atomic mass is 9.97. The van der Waals surface area contributed by atoms with Crippen molar-refractivity contribution in [3.05, 3.63) is 0 Å². The first kappa shape index (κ1) is 9.79. The van der Waals surface area contributed by atoms with E-state index in [0.29, 0.717) is 12.2 Å². The number of hydrogen-bond donors (Lipinski definition) is 0. The van der Waals surface area contributed by atoms with Crippen molar-refractivity contribution in [2.75, 3.05) is 0 Å². The maximum Gasteiger partial charge on any atom is 0.0742 e. The van der Waals surface area contributed by atoms with Crippen LogP contribution in [0.3, 0.4) is 0 Å². The highest BCUT2D eigenvalue weighted by Gasteiger charge is 2.27. The molecule has 0 amide bonds. The predicted molar refractivity (Wildman–Crippen MR) is 55.2 cm³/mol. The van der Waals surface area contributed by atoms with E-state index in [1.54, 1.807) is 0 Å². The molecule has 2 unspecified atom stereocenters. The molecule has 76 valence electrons. The van der Waals surface area contributed by atoms with Crippen LogP contribution in [0.4, 0.5) is 0 Å². The summed E-state index contributed by atoms with van der Waals surface area (Å²) in [4.78, 5) is 0. The van der Waals surface area contributed by atoms with Crippen molar-refractivity contribution in [1.82, 2.24) is 0 Å². The third-order valence-electron chi connectivity index (χ3n) is 3.29. The Hall–Kier alpha value is 0.250. The second-order valence-electron chi connectivity index (χ2n) is 4.38. The number of alkyl halides is 1. The van der Waals surface area contributed by atoms with Gasteiger partial charge in [-0.05, 0) is 25.7 Å². The maximum absolute atomic E-state index is 6.24. The van der Waals surface area contributed by atoms with Crippen LogP contribution in [0.1, 0.15) is 51.4 Å². The van der Waals surface area contributed by atoms with Gasteiger partial charge < -0.3 is 4.74 Å². The summed E-state index contributed by atoms with van der Waals surface area (Å²) in [7, 11) is 0. The van der Waals surface area contributed by atoms with Crippen LogP contribution in [0.15, 0.2) is 0 Å². The fourth-order valence-electron chi connectivity index (χ4n) is 2.48. The van der Waals surface area contributed by atoms with Gasteiger partial charge in [0, 0.05) is 0 Å². The minimum Gasteiger partial charge on any atom is -0.373 e. The van der Waals surface area contributed by atoms with Gasteiger partial charge in [-0.2, -0.15) is 0 Å². The molecule has 2 saturated carbocycles. The van der Waals surface area contributed by atoms with Gasteiger partial charge in [0.25, 0.3) is 0 Å². The zero-order valence-corrected chi connectivity index (χ0v) is 8.93. The first-order valence-corrected chi connectivity index (χ1v) is 6.09. The summed E-state index contributed by atoms with van der Waals surface area (Å²) >= 11 is 6.24. The summed E-state index contributed by atoms with van der Waals surface area (Å²) in [5, 5.41) is 0.286. The first-order valence-electron chi connectivity index (χ1n) is 5.66. The van der Waals surface area contributed by atoms with Crippen molar-refractivity contribution >= 4 is 11.6 Å². The first-order chi connectivity index (χ1) is 6.36. The summed E-state index contributed by atoms with van der Waals surface area (Å²) < 4.78 is 6.03. The lowest BCUT2D eigenvalue weighted by molar-refractivity contribution is -0.0234. The number of hydrogen-bond acceptors (Lipinski definition) is 1. The Labute approximate surface area is 85.8 Å². The third-order valence-corrected chi connectivity index (χ3v) is 3.79. The Morgan fingerprint density at radius 2 is 1.46 bits per heavy atom. The van der Waals surface area contributed by atoms with E-state index in [1.165, 1.54) is 44.9 Å². The molecule has 0 heterocycles. The van der Waals surface area contributed by atoms with Crippen LogP contribution in [0.5, 0.6) is 0 Å². The van der Waals surface area contributed by atoms with Crippen LogP contribution in [0.2, 0.25) is 0 Å². The Kier molecular flexibility index (Phi) is 3.51. The minimum absolute atomic E-state index is 0.286. The topological polar surface area (TPSA) is 9.23 Å². The van der Waals surface area contributed by atoms with E-state index in [1.807, 2.05) is 0 Å². The van der Waals surface area contributed by atoms with Crippen LogP contribution in [0, 0.1) is 0 Å². The highest BCUT2D eigenvalue weighted by Crippen LogP contribution is 2.30. The Balaban J connectivity index is 1.78. The zero-order valence-electron chi connectivity index (χ0n) is 8.18. The van der Waals surface area contributed by atoms with E-state index < -0.39 is 0 Å². The minimum atomic E-state index is 0.286. The van der Waals surface area contributed by atoms with Crippen molar-refractivity contribution in [2.45, 2.75) is 69.0 Å². The largest absolute Gasteiger partial charge is 0.373 e. The molecule has 1 nitrogen and oxygen atoms in total. The van der Waals surface area contributed by atoms with Crippen LogP contribution in [0.25, 0.3) is 0 Å². The quantitative estimate of drug-likeness (QED) is 0.623. The van der Waals surface area contributed by atoms with Crippen LogP contribution in [-0.2, 0) is 4.74 Å². The van der Waals surface area contributed by atoms with E-state index in [-0.39, 0.29) is 5.38 Å². The average molecular weight is 203 g/mol. The lowest BCUT2D eigenvalue weighted by Crippen LogP contribution is -2.31. The fourth-order valence-corrected chi connectivity index (χ4v) is 2.82. The van der Waals surface area contributed by atoms with E-state index in [0.717, 1.165) is 6.42 Å². The lowest BCUT2D eigenvalue weighted by Gasteiger charge is -2.29. The van der Waals surface area contributed by atoms with Crippen LogP contribution < -0.4 is 0 Å². The highest BCUT2D eigenvalue weighted by atomic mass is 35.5. The highest BCUT2D eigenvalue weighted by molar-refractivity contribution is 6.21. The Morgan fingerprint density at radius 3 is 2.15 bits per heavy atom. The predicted octanol–water partition coefficient (Wildman–Crippen LogP) is 3.50. The molecule has 0 radical (unpaired) electrons. The van der Waals surface area contributed by atoms with Gasteiger partial charge in [0.05, 0.1) is 17.6 Å². The fraction of sp³-hybridized carbons (Fsp3) is 1.00. The van der Waals surface area contributed by atoms with Crippen molar-refractivity contribution < 1.29 is 4.74 Å². The molecule has 2 aliphatic carbocycles. The van der Waals surface area contributed by atoms with Crippen molar-refractivity contribution in [2.24, 2.45) is 0 Å². The Bertz CT molecular complexity index is 154. The molecule has 2 atom stereocenters. The molecular formula is C11H19ClO. The monoisotopic (exact) mass is 202 g/mol. The number of halogens is 1. The molecule has 2 aliphatic rings. The van der Waals surface area contributed by atoms with Gasteiger partial charge in [0.2, 0.25) is 0 Å². The Morgan fingerprint density at radius 1 is 0.846 bits per heavy atom. The smallest absolute Gasteiger partial charge is 0.0742 e. The normalized spacial score (nSPS) is 36.7. The molecule has 2 rings (SSSR count). The van der Waals surface area contributed by atoms with Gasteiger partial charge in [-0.3, -0.25) is 0 Å². The molecule has 0 aromatic rings. The van der Waals surface area contributed by atoms with E-state index in [4.69, 9.17) is 16.3 Å². The van der Waals surface area contributed by atoms with E-state index in [2.05, 4.69) is 0 Å². The van der Waals surface area contributed by atoms with Crippen molar-refractivity contribution in [3.63, 3.8) is 0 Å². The van der Waals surface area contributed by atoms with Crippen LogP contribution >= 0.6 is 11.6 Å². The molecule has 0 N–H and O–H groups in total. The van der Waals surface area contributed by atoms with Gasteiger partial charge in [-0.25, -0.2) is 0 Å². The summed E-state index contributed by atoms with van der Waals surface area (Å²) in [5.41, 5.74) is 0. The molecule has 0 aromatic carbocycles. The molecule has 2 heteroatoms. The number of rotatable bonds is 2. The van der Waals surface area contributed by atoms with Crippen molar-refractivity contribution in [3.8, 4) is 0 Å². The molecule has 0 saturated heterocycles. The summed E-state index contributed by atoms with van der Waals surface area (Å²) in [5.74, 6) is 0. The second kappa shape index (κ2) is 4.65. The third kappa shape index (κ3) is 2.60. The maximum atomic E-state index is 6.24. The molecule has 0 aromatic heterocycles. The molecule has 0 bridgehead atoms.